The highest BCUT2D eigenvalue weighted by molar-refractivity contribution is 7.71. The summed E-state index contributed by atoms with van der Waals surface area (Å²) >= 11 is 11.1. The molecule has 3 nitrogen and oxygen atoms in total. The first-order valence-electron chi connectivity index (χ1n) is 6.36. The number of hydrogen-bond donors (Lipinski definition) is 1. The second-order valence-corrected chi connectivity index (χ2v) is 5.65. The van der Waals surface area contributed by atoms with Crippen molar-refractivity contribution in [3.8, 4) is 0 Å². The van der Waals surface area contributed by atoms with Crippen molar-refractivity contribution in [1.29, 1.82) is 0 Å². The summed E-state index contributed by atoms with van der Waals surface area (Å²) in [6, 6.07) is 4.78. The number of hydrogen-bond acceptors (Lipinski definition) is 3. The van der Waals surface area contributed by atoms with Gasteiger partial charge >= 0.3 is 0 Å². The van der Waals surface area contributed by atoms with E-state index in [1.54, 1.807) is 18.3 Å². The Morgan fingerprint density at radius 2 is 2.30 bits per heavy atom. The quantitative estimate of drug-likeness (QED) is 0.862. The van der Waals surface area contributed by atoms with Crippen LogP contribution in [0.15, 0.2) is 24.4 Å². The number of nitrogens with zero attached hydrogens (tertiary/aromatic N) is 2. The highest BCUT2D eigenvalue weighted by Gasteiger charge is 2.19. The van der Waals surface area contributed by atoms with E-state index in [0.29, 0.717) is 21.9 Å². The van der Waals surface area contributed by atoms with Gasteiger partial charge in [-0.2, -0.15) is 0 Å². The lowest BCUT2D eigenvalue weighted by atomic mass is 10.1. The molecule has 0 unspecified atom stereocenters. The minimum Gasteiger partial charge on any atom is -0.334 e. The molecule has 0 spiro atoms. The van der Waals surface area contributed by atoms with Gasteiger partial charge in [0.05, 0.1) is 0 Å². The summed E-state index contributed by atoms with van der Waals surface area (Å²) in [4.78, 5) is 9.37. The topological polar surface area (TPSA) is 31.9 Å². The molecule has 1 aromatic heterocycles. The second-order valence-electron chi connectivity index (χ2n) is 4.85. The molecular weight excluding hydrogens is 297 g/mol. The summed E-state index contributed by atoms with van der Waals surface area (Å²) in [7, 11) is 0. The number of aromatic nitrogens is 2. The summed E-state index contributed by atoms with van der Waals surface area (Å²) in [5.41, 5.74) is 2.78. The van der Waals surface area contributed by atoms with Gasteiger partial charge in [0.25, 0.3) is 0 Å². The van der Waals surface area contributed by atoms with Crippen molar-refractivity contribution in [3.63, 3.8) is 0 Å². The SMILES string of the molecule is Fc1cccc(Cl)c1CN1CCc2[nH]c(=S)ncc2C1. The van der Waals surface area contributed by atoms with Crippen LogP contribution in [0.4, 0.5) is 4.39 Å². The number of halogens is 2. The Kier molecular flexibility index (Phi) is 3.83. The molecule has 2 heterocycles. The Balaban J connectivity index is 1.81. The molecule has 3 rings (SSSR count). The molecular formula is C14H13ClFN3S. The smallest absolute Gasteiger partial charge is 0.196 e. The van der Waals surface area contributed by atoms with E-state index in [1.807, 2.05) is 0 Å². The van der Waals surface area contributed by atoms with Crippen molar-refractivity contribution in [2.45, 2.75) is 19.5 Å². The fourth-order valence-corrected chi connectivity index (χ4v) is 2.85. The Bertz CT molecular complexity index is 681. The minimum absolute atomic E-state index is 0.256. The van der Waals surface area contributed by atoms with E-state index in [2.05, 4.69) is 14.9 Å². The fraction of sp³-hybridized carbons (Fsp3) is 0.286. The highest BCUT2D eigenvalue weighted by Crippen LogP contribution is 2.24. The number of H-pyrrole nitrogens is 1. The Morgan fingerprint density at radius 3 is 3.10 bits per heavy atom. The maximum Gasteiger partial charge on any atom is 0.196 e. The molecule has 0 amide bonds. The van der Waals surface area contributed by atoms with Crippen molar-refractivity contribution < 1.29 is 4.39 Å². The third kappa shape index (κ3) is 2.75. The fourth-order valence-electron chi connectivity index (χ4n) is 2.45. The van der Waals surface area contributed by atoms with E-state index < -0.39 is 0 Å². The number of aromatic amines is 1. The predicted molar refractivity (Wildman–Crippen MR) is 78.6 cm³/mol. The Labute approximate surface area is 126 Å². The van der Waals surface area contributed by atoms with Crippen LogP contribution in [-0.2, 0) is 19.5 Å². The summed E-state index contributed by atoms with van der Waals surface area (Å²) in [6.45, 7) is 2.06. The Hall–Kier alpha value is -1.30. The zero-order chi connectivity index (χ0) is 14.1. The second kappa shape index (κ2) is 5.60. The van der Waals surface area contributed by atoms with Gasteiger partial charge in [0, 0.05) is 54.1 Å². The average molecular weight is 310 g/mol. The van der Waals surface area contributed by atoms with E-state index in [4.69, 9.17) is 23.8 Å². The van der Waals surface area contributed by atoms with Crippen LogP contribution in [-0.4, -0.2) is 21.4 Å². The predicted octanol–water partition coefficient (Wildman–Crippen LogP) is 3.49. The van der Waals surface area contributed by atoms with E-state index in [9.17, 15) is 4.39 Å². The van der Waals surface area contributed by atoms with Crippen LogP contribution in [0.25, 0.3) is 0 Å². The van der Waals surface area contributed by atoms with Crippen molar-refractivity contribution in [3.05, 3.63) is 56.8 Å². The van der Waals surface area contributed by atoms with Gasteiger partial charge in [-0.1, -0.05) is 17.7 Å². The van der Waals surface area contributed by atoms with Gasteiger partial charge in [-0.25, -0.2) is 9.37 Å². The van der Waals surface area contributed by atoms with Crippen molar-refractivity contribution >= 4 is 23.8 Å². The molecule has 0 fully saturated rings. The first-order valence-corrected chi connectivity index (χ1v) is 7.14. The number of fused-ring (bicyclic) bond motifs is 1. The molecule has 6 heteroatoms. The van der Waals surface area contributed by atoms with Crippen molar-refractivity contribution in [2.75, 3.05) is 6.54 Å². The molecule has 0 saturated heterocycles. The monoisotopic (exact) mass is 309 g/mol. The number of benzene rings is 1. The lowest BCUT2D eigenvalue weighted by Gasteiger charge is -2.28. The minimum atomic E-state index is -0.256. The van der Waals surface area contributed by atoms with Gasteiger partial charge < -0.3 is 4.98 Å². The molecule has 1 aliphatic heterocycles. The summed E-state index contributed by atoms with van der Waals surface area (Å²) in [5.74, 6) is -0.256. The maximum absolute atomic E-state index is 13.8. The summed E-state index contributed by atoms with van der Waals surface area (Å²) in [5, 5.41) is 0.474. The van der Waals surface area contributed by atoms with Crippen LogP contribution < -0.4 is 0 Å². The van der Waals surface area contributed by atoms with E-state index in [0.717, 1.165) is 30.8 Å². The summed E-state index contributed by atoms with van der Waals surface area (Å²) in [6.07, 6.45) is 2.65. The summed E-state index contributed by atoms with van der Waals surface area (Å²) < 4.78 is 14.3. The molecule has 104 valence electrons. The van der Waals surface area contributed by atoms with Crippen molar-refractivity contribution in [2.24, 2.45) is 0 Å². The van der Waals surface area contributed by atoms with Gasteiger partial charge in [0.15, 0.2) is 4.77 Å². The van der Waals surface area contributed by atoms with Gasteiger partial charge in [-0.15, -0.1) is 0 Å². The van der Waals surface area contributed by atoms with Crippen LogP contribution in [0.2, 0.25) is 5.02 Å². The molecule has 0 atom stereocenters. The Morgan fingerprint density at radius 1 is 1.45 bits per heavy atom. The third-order valence-corrected chi connectivity index (χ3v) is 4.06. The van der Waals surface area contributed by atoms with Crippen LogP contribution in [0, 0.1) is 10.6 Å². The third-order valence-electron chi connectivity index (χ3n) is 3.50. The highest BCUT2D eigenvalue weighted by atomic mass is 35.5. The van der Waals surface area contributed by atoms with Gasteiger partial charge in [0.2, 0.25) is 0 Å². The van der Waals surface area contributed by atoms with Crippen LogP contribution >= 0.6 is 23.8 Å². The number of nitrogens with one attached hydrogen (secondary N) is 1. The van der Waals surface area contributed by atoms with Crippen LogP contribution in [0.5, 0.6) is 0 Å². The molecule has 1 N–H and O–H groups in total. The first kappa shape index (κ1) is 13.7. The van der Waals surface area contributed by atoms with Crippen LogP contribution in [0.3, 0.4) is 0 Å². The lowest BCUT2D eigenvalue weighted by Crippen LogP contribution is -2.31. The van der Waals surface area contributed by atoms with Gasteiger partial charge in [0.1, 0.15) is 5.82 Å². The lowest BCUT2D eigenvalue weighted by molar-refractivity contribution is 0.239. The molecule has 0 bridgehead atoms. The molecule has 1 aromatic carbocycles. The first-order chi connectivity index (χ1) is 9.63. The van der Waals surface area contributed by atoms with E-state index in [1.165, 1.54) is 6.07 Å². The zero-order valence-electron chi connectivity index (χ0n) is 10.7. The average Bonchev–Trinajstić information content (AvgIpc) is 2.43. The zero-order valence-corrected chi connectivity index (χ0v) is 12.3. The molecule has 2 aromatic rings. The van der Waals surface area contributed by atoms with E-state index >= 15 is 0 Å². The molecule has 1 aliphatic rings. The van der Waals surface area contributed by atoms with Crippen molar-refractivity contribution in [1.82, 2.24) is 14.9 Å². The normalized spacial score (nSPS) is 15.1. The molecule has 20 heavy (non-hydrogen) atoms. The van der Waals surface area contributed by atoms with Crippen LogP contribution in [0.1, 0.15) is 16.8 Å². The number of rotatable bonds is 2. The molecule has 0 radical (unpaired) electrons. The van der Waals surface area contributed by atoms with E-state index in [-0.39, 0.29) is 5.82 Å². The standard InChI is InChI=1S/C14H13ClFN3S/c15-11-2-1-3-12(16)10(11)8-19-5-4-13-9(7-19)6-17-14(20)18-13/h1-3,6H,4-5,7-8H2,(H,17,18,20). The van der Waals surface area contributed by atoms with Gasteiger partial charge in [-0.3, -0.25) is 4.90 Å². The molecule has 0 aliphatic carbocycles. The molecule has 0 saturated carbocycles. The van der Waals surface area contributed by atoms with Gasteiger partial charge in [-0.05, 0) is 24.4 Å². The largest absolute Gasteiger partial charge is 0.334 e. The maximum atomic E-state index is 13.8.